The SMILES string of the molecule is O=C(C[C@@H](O)CCOCc1ccccc1)OCc1ccccc1. The number of aliphatic hydroxyl groups is 1. The Kier molecular flexibility index (Phi) is 7.30. The molecular formula is C19H22O4. The van der Waals surface area contributed by atoms with Gasteiger partial charge in [-0.1, -0.05) is 60.7 Å². The molecule has 23 heavy (non-hydrogen) atoms. The molecule has 1 atom stereocenters. The first-order valence-corrected chi connectivity index (χ1v) is 7.73. The van der Waals surface area contributed by atoms with Crippen LogP contribution in [0.2, 0.25) is 0 Å². The molecule has 122 valence electrons. The maximum atomic E-state index is 11.7. The Morgan fingerprint density at radius 2 is 1.48 bits per heavy atom. The van der Waals surface area contributed by atoms with Crippen molar-refractivity contribution in [1.82, 2.24) is 0 Å². The van der Waals surface area contributed by atoms with Crippen molar-refractivity contribution in [2.45, 2.75) is 32.2 Å². The molecule has 0 aliphatic heterocycles. The molecule has 0 fully saturated rings. The van der Waals surface area contributed by atoms with Crippen molar-refractivity contribution < 1.29 is 19.4 Å². The van der Waals surface area contributed by atoms with Gasteiger partial charge in [0.25, 0.3) is 0 Å². The van der Waals surface area contributed by atoms with Crippen LogP contribution in [-0.4, -0.2) is 23.8 Å². The van der Waals surface area contributed by atoms with Crippen LogP contribution in [0.25, 0.3) is 0 Å². The molecule has 0 aromatic heterocycles. The van der Waals surface area contributed by atoms with Crippen LogP contribution in [0.1, 0.15) is 24.0 Å². The van der Waals surface area contributed by atoms with E-state index in [1.54, 1.807) is 0 Å². The molecule has 0 aliphatic carbocycles. The zero-order valence-corrected chi connectivity index (χ0v) is 13.1. The van der Waals surface area contributed by atoms with E-state index >= 15 is 0 Å². The number of carbonyl (C=O) groups excluding carboxylic acids is 1. The van der Waals surface area contributed by atoms with Gasteiger partial charge in [-0.2, -0.15) is 0 Å². The first-order valence-electron chi connectivity index (χ1n) is 7.73. The first kappa shape index (κ1) is 17.2. The average molecular weight is 314 g/mol. The van der Waals surface area contributed by atoms with Crippen LogP contribution in [0.15, 0.2) is 60.7 Å². The van der Waals surface area contributed by atoms with Gasteiger partial charge in [-0.15, -0.1) is 0 Å². The quantitative estimate of drug-likeness (QED) is 0.571. The van der Waals surface area contributed by atoms with Gasteiger partial charge in [0.1, 0.15) is 6.61 Å². The number of carbonyl (C=O) groups is 1. The van der Waals surface area contributed by atoms with E-state index in [1.807, 2.05) is 60.7 Å². The number of esters is 1. The topological polar surface area (TPSA) is 55.8 Å². The molecule has 0 bridgehead atoms. The van der Waals surface area contributed by atoms with Gasteiger partial charge in [0.05, 0.1) is 19.1 Å². The zero-order chi connectivity index (χ0) is 16.3. The summed E-state index contributed by atoms with van der Waals surface area (Å²) in [4.78, 5) is 11.7. The van der Waals surface area contributed by atoms with Crippen LogP contribution in [0.4, 0.5) is 0 Å². The fourth-order valence-corrected chi connectivity index (χ4v) is 2.08. The van der Waals surface area contributed by atoms with Gasteiger partial charge in [0.2, 0.25) is 0 Å². The average Bonchev–Trinajstić information content (AvgIpc) is 2.59. The summed E-state index contributed by atoms with van der Waals surface area (Å²) in [5, 5.41) is 9.83. The number of benzene rings is 2. The van der Waals surface area contributed by atoms with E-state index in [0.29, 0.717) is 19.6 Å². The van der Waals surface area contributed by atoms with Crippen molar-refractivity contribution in [2.75, 3.05) is 6.61 Å². The van der Waals surface area contributed by atoms with Gasteiger partial charge in [-0.3, -0.25) is 4.79 Å². The Morgan fingerprint density at radius 3 is 2.09 bits per heavy atom. The molecule has 1 N–H and O–H groups in total. The lowest BCUT2D eigenvalue weighted by Crippen LogP contribution is -2.17. The number of ether oxygens (including phenoxy) is 2. The molecule has 0 saturated heterocycles. The Labute approximate surface area is 136 Å². The molecule has 0 unspecified atom stereocenters. The summed E-state index contributed by atoms with van der Waals surface area (Å²) in [6, 6.07) is 19.3. The van der Waals surface area contributed by atoms with Crippen molar-refractivity contribution in [2.24, 2.45) is 0 Å². The van der Waals surface area contributed by atoms with Crippen LogP contribution >= 0.6 is 0 Å². The van der Waals surface area contributed by atoms with Crippen molar-refractivity contribution in [3.8, 4) is 0 Å². The number of aliphatic hydroxyl groups excluding tert-OH is 1. The highest BCUT2D eigenvalue weighted by Crippen LogP contribution is 2.06. The third-order valence-corrected chi connectivity index (χ3v) is 3.35. The molecular weight excluding hydrogens is 292 g/mol. The van der Waals surface area contributed by atoms with Gasteiger partial charge < -0.3 is 14.6 Å². The second kappa shape index (κ2) is 9.77. The fourth-order valence-electron chi connectivity index (χ4n) is 2.08. The van der Waals surface area contributed by atoms with E-state index in [1.165, 1.54) is 0 Å². The summed E-state index contributed by atoms with van der Waals surface area (Å²) in [7, 11) is 0. The molecule has 0 heterocycles. The molecule has 2 aromatic rings. The normalized spacial score (nSPS) is 11.9. The number of hydrogen-bond acceptors (Lipinski definition) is 4. The summed E-state index contributed by atoms with van der Waals surface area (Å²) in [6.07, 6.45) is -0.344. The van der Waals surface area contributed by atoms with E-state index < -0.39 is 12.1 Å². The predicted octanol–water partition coefficient (Wildman–Crippen LogP) is 3.09. The molecule has 2 aromatic carbocycles. The van der Waals surface area contributed by atoms with Gasteiger partial charge >= 0.3 is 5.97 Å². The summed E-state index contributed by atoms with van der Waals surface area (Å²) < 4.78 is 10.6. The van der Waals surface area contributed by atoms with E-state index in [4.69, 9.17) is 9.47 Å². The van der Waals surface area contributed by atoms with E-state index in [-0.39, 0.29) is 13.0 Å². The minimum atomic E-state index is -0.742. The van der Waals surface area contributed by atoms with E-state index in [2.05, 4.69) is 0 Å². The van der Waals surface area contributed by atoms with Crippen LogP contribution in [0.5, 0.6) is 0 Å². The third-order valence-electron chi connectivity index (χ3n) is 3.35. The van der Waals surface area contributed by atoms with Gasteiger partial charge in [0, 0.05) is 6.61 Å². The van der Waals surface area contributed by atoms with Crippen LogP contribution in [0, 0.1) is 0 Å². The zero-order valence-electron chi connectivity index (χ0n) is 13.1. The Balaban J connectivity index is 1.57. The standard InChI is InChI=1S/C19H22O4/c20-18(11-12-22-14-16-7-3-1-4-8-16)13-19(21)23-15-17-9-5-2-6-10-17/h1-10,18,20H,11-15H2/t18-/m0/s1. The number of hydrogen-bond donors (Lipinski definition) is 1. The molecule has 0 radical (unpaired) electrons. The lowest BCUT2D eigenvalue weighted by Gasteiger charge is -2.11. The summed E-state index contributed by atoms with van der Waals surface area (Å²) >= 11 is 0. The second-order valence-electron chi connectivity index (χ2n) is 5.33. The highest BCUT2D eigenvalue weighted by molar-refractivity contribution is 5.69. The van der Waals surface area contributed by atoms with Crippen molar-refractivity contribution >= 4 is 5.97 Å². The summed E-state index contributed by atoms with van der Waals surface area (Å²) in [6.45, 7) is 1.14. The molecule has 4 nitrogen and oxygen atoms in total. The highest BCUT2D eigenvalue weighted by Gasteiger charge is 2.12. The predicted molar refractivity (Wildman–Crippen MR) is 87.6 cm³/mol. The van der Waals surface area contributed by atoms with Crippen molar-refractivity contribution in [3.63, 3.8) is 0 Å². The Morgan fingerprint density at radius 1 is 0.913 bits per heavy atom. The van der Waals surface area contributed by atoms with Crippen LogP contribution in [0.3, 0.4) is 0 Å². The maximum absolute atomic E-state index is 11.7. The van der Waals surface area contributed by atoms with E-state index in [9.17, 15) is 9.90 Å². The largest absolute Gasteiger partial charge is 0.461 e. The lowest BCUT2D eigenvalue weighted by atomic mass is 10.2. The molecule has 0 amide bonds. The van der Waals surface area contributed by atoms with E-state index in [0.717, 1.165) is 11.1 Å². The van der Waals surface area contributed by atoms with Crippen LogP contribution in [-0.2, 0) is 27.5 Å². The molecule has 4 heteroatoms. The van der Waals surface area contributed by atoms with Crippen LogP contribution < -0.4 is 0 Å². The minimum Gasteiger partial charge on any atom is -0.461 e. The molecule has 0 aliphatic rings. The minimum absolute atomic E-state index is 0.0124. The fraction of sp³-hybridized carbons (Fsp3) is 0.316. The van der Waals surface area contributed by atoms with Gasteiger partial charge in [0.15, 0.2) is 0 Å². The highest BCUT2D eigenvalue weighted by atomic mass is 16.5. The molecule has 2 rings (SSSR count). The smallest absolute Gasteiger partial charge is 0.308 e. The number of rotatable bonds is 9. The first-order chi connectivity index (χ1) is 11.2. The second-order valence-corrected chi connectivity index (χ2v) is 5.33. The van der Waals surface area contributed by atoms with Crippen molar-refractivity contribution in [1.29, 1.82) is 0 Å². The van der Waals surface area contributed by atoms with Gasteiger partial charge in [-0.05, 0) is 17.5 Å². The summed E-state index contributed by atoms with van der Waals surface area (Å²) in [5.41, 5.74) is 2.02. The maximum Gasteiger partial charge on any atom is 0.308 e. The lowest BCUT2D eigenvalue weighted by molar-refractivity contribution is -0.147. The Hall–Kier alpha value is -2.17. The molecule has 0 spiro atoms. The van der Waals surface area contributed by atoms with Crippen molar-refractivity contribution in [3.05, 3.63) is 71.8 Å². The van der Waals surface area contributed by atoms with Gasteiger partial charge in [-0.25, -0.2) is 0 Å². The summed E-state index contributed by atoms with van der Waals surface area (Å²) in [5.74, 6) is -0.399. The third kappa shape index (κ3) is 7.08. The molecule has 0 saturated carbocycles. The Bertz CT molecular complexity index is 568. The monoisotopic (exact) mass is 314 g/mol.